The van der Waals surface area contributed by atoms with Crippen molar-refractivity contribution >= 4 is 23.6 Å². The fraction of sp³-hybridized carbons (Fsp3) is 0.185. The predicted octanol–water partition coefficient (Wildman–Crippen LogP) is 5.32. The second-order valence-electron chi connectivity index (χ2n) is 7.79. The third-order valence-electron chi connectivity index (χ3n) is 5.40. The molecule has 6 heteroatoms. The van der Waals surface area contributed by atoms with Crippen LogP contribution in [0.25, 0.3) is 6.08 Å². The van der Waals surface area contributed by atoms with E-state index in [1.165, 1.54) is 11.0 Å². The van der Waals surface area contributed by atoms with Gasteiger partial charge in [-0.3, -0.25) is 14.5 Å². The van der Waals surface area contributed by atoms with Crippen LogP contribution < -0.4 is 15.0 Å². The predicted molar refractivity (Wildman–Crippen MR) is 126 cm³/mol. The van der Waals surface area contributed by atoms with Crippen LogP contribution in [0.4, 0.5) is 10.1 Å². The Kier molecular flexibility index (Phi) is 6.83. The van der Waals surface area contributed by atoms with E-state index in [0.29, 0.717) is 34.7 Å². The maximum atomic E-state index is 14.3. The van der Waals surface area contributed by atoms with E-state index in [9.17, 15) is 14.0 Å². The molecule has 1 aliphatic heterocycles. The summed E-state index contributed by atoms with van der Waals surface area (Å²) in [4.78, 5) is 27.0. The monoisotopic (exact) mass is 444 g/mol. The van der Waals surface area contributed by atoms with Gasteiger partial charge < -0.3 is 10.1 Å². The van der Waals surface area contributed by atoms with Crippen LogP contribution in [0.5, 0.6) is 5.75 Å². The minimum absolute atomic E-state index is 0.0834. The van der Waals surface area contributed by atoms with Crippen LogP contribution >= 0.6 is 0 Å². The van der Waals surface area contributed by atoms with Crippen LogP contribution in [0.2, 0.25) is 0 Å². The summed E-state index contributed by atoms with van der Waals surface area (Å²) < 4.78 is 20.2. The molecule has 1 heterocycles. The number of nitrogens with one attached hydrogen (secondary N) is 1. The van der Waals surface area contributed by atoms with Crippen molar-refractivity contribution in [3.05, 3.63) is 101 Å². The Morgan fingerprint density at radius 1 is 1.03 bits per heavy atom. The minimum atomic E-state index is -0.368. The molecule has 0 radical (unpaired) electrons. The number of para-hydroxylation sites is 2. The molecule has 4 rings (SSSR count). The fourth-order valence-electron chi connectivity index (χ4n) is 3.58. The van der Waals surface area contributed by atoms with Crippen molar-refractivity contribution in [2.24, 2.45) is 0 Å². The Bertz CT molecular complexity index is 1190. The van der Waals surface area contributed by atoms with Gasteiger partial charge in [-0.2, -0.15) is 0 Å². The van der Waals surface area contributed by atoms with Gasteiger partial charge in [0.15, 0.2) is 11.5 Å². The van der Waals surface area contributed by atoms with Crippen molar-refractivity contribution < 1.29 is 18.7 Å². The van der Waals surface area contributed by atoms with E-state index in [1.54, 1.807) is 60.7 Å². The molecule has 1 N–H and O–H groups in total. The third kappa shape index (κ3) is 5.12. The zero-order valence-corrected chi connectivity index (χ0v) is 18.4. The van der Waals surface area contributed by atoms with Crippen molar-refractivity contribution in [3.63, 3.8) is 0 Å². The molecule has 1 aliphatic rings. The number of amides is 2. The molecule has 3 aromatic rings. The lowest BCUT2D eigenvalue weighted by Crippen LogP contribution is -2.37. The lowest BCUT2D eigenvalue weighted by molar-refractivity contribution is -0.117. The Balaban J connectivity index is 1.58. The zero-order valence-electron chi connectivity index (χ0n) is 18.4. The molecule has 0 atom stereocenters. The summed E-state index contributed by atoms with van der Waals surface area (Å²) in [6.07, 6.45) is 3.57. The summed E-state index contributed by atoms with van der Waals surface area (Å²) in [6.45, 7) is 2.79. The van der Waals surface area contributed by atoms with E-state index in [2.05, 4.69) is 12.2 Å². The highest BCUT2D eigenvalue weighted by atomic mass is 19.1. The van der Waals surface area contributed by atoms with Crippen LogP contribution in [0.1, 0.15) is 41.3 Å². The highest BCUT2D eigenvalue weighted by Gasteiger charge is 2.30. The molecule has 0 bridgehead atoms. The van der Waals surface area contributed by atoms with Gasteiger partial charge in [0.25, 0.3) is 11.8 Å². The average molecular weight is 445 g/mol. The first-order valence-electron chi connectivity index (χ1n) is 11.0. The number of anilines is 1. The summed E-state index contributed by atoms with van der Waals surface area (Å²) in [7, 11) is 0. The maximum Gasteiger partial charge on any atom is 0.294 e. The van der Waals surface area contributed by atoms with Gasteiger partial charge in [0.2, 0.25) is 0 Å². The number of hydrogen-bond acceptors (Lipinski definition) is 3. The van der Waals surface area contributed by atoms with Crippen LogP contribution in [0, 0.1) is 5.82 Å². The number of benzene rings is 3. The number of nitrogens with zero attached hydrogens (tertiary/aromatic N) is 1. The molecule has 168 valence electrons. The Hall–Kier alpha value is -3.93. The van der Waals surface area contributed by atoms with Crippen molar-refractivity contribution in [1.82, 2.24) is 5.32 Å². The molecule has 0 aliphatic carbocycles. The van der Waals surface area contributed by atoms with Crippen LogP contribution in [0.15, 0.2) is 78.6 Å². The highest BCUT2D eigenvalue weighted by Crippen LogP contribution is 2.36. The summed E-state index contributed by atoms with van der Waals surface area (Å²) in [5, 5.41) is 2.88. The molecular weight excluding hydrogens is 419 g/mol. The fourth-order valence-corrected chi connectivity index (χ4v) is 3.58. The first-order valence-corrected chi connectivity index (χ1v) is 11.0. The maximum absolute atomic E-state index is 14.3. The molecule has 33 heavy (non-hydrogen) atoms. The van der Waals surface area contributed by atoms with E-state index in [0.717, 1.165) is 12.8 Å². The van der Waals surface area contributed by atoms with E-state index in [-0.39, 0.29) is 29.9 Å². The number of carbonyl (C=O) groups is 2. The van der Waals surface area contributed by atoms with Gasteiger partial charge >= 0.3 is 0 Å². The molecule has 0 saturated carbocycles. The number of halogens is 1. The lowest BCUT2D eigenvalue weighted by atomic mass is 10.1. The Morgan fingerprint density at radius 3 is 2.52 bits per heavy atom. The van der Waals surface area contributed by atoms with Crippen molar-refractivity contribution in [2.75, 3.05) is 11.4 Å². The molecule has 0 aromatic heterocycles. The SMILES string of the molecule is CCCCNC(=O)c1ccc(/C=C2\Oc3ccccc3N(Cc3ccccc3F)C2=O)cc1. The molecule has 0 unspecified atom stereocenters. The minimum Gasteiger partial charge on any atom is -0.449 e. The van der Waals surface area contributed by atoms with Crippen LogP contribution in [-0.2, 0) is 11.3 Å². The van der Waals surface area contributed by atoms with Crippen molar-refractivity contribution in [2.45, 2.75) is 26.3 Å². The van der Waals surface area contributed by atoms with Crippen LogP contribution in [0.3, 0.4) is 0 Å². The zero-order chi connectivity index (χ0) is 23.2. The van der Waals surface area contributed by atoms with Gasteiger partial charge in [-0.15, -0.1) is 0 Å². The second-order valence-corrected chi connectivity index (χ2v) is 7.79. The van der Waals surface area contributed by atoms with Gasteiger partial charge in [-0.1, -0.05) is 55.8 Å². The van der Waals surface area contributed by atoms with E-state index >= 15 is 0 Å². The lowest BCUT2D eigenvalue weighted by Gasteiger charge is -2.30. The summed E-state index contributed by atoms with van der Waals surface area (Å²) in [5.41, 5.74) is 2.27. The topological polar surface area (TPSA) is 58.6 Å². The smallest absolute Gasteiger partial charge is 0.294 e. The number of carbonyl (C=O) groups excluding carboxylic acids is 2. The molecular formula is C27H25FN2O3. The van der Waals surface area contributed by atoms with Gasteiger partial charge in [-0.25, -0.2) is 4.39 Å². The highest BCUT2D eigenvalue weighted by molar-refractivity contribution is 6.09. The molecule has 0 fully saturated rings. The number of rotatable bonds is 7. The standard InChI is InChI=1S/C27H25FN2O3/c1-2-3-16-29-26(31)20-14-12-19(13-15-20)17-25-27(32)30(18-21-8-4-5-9-22(21)28)23-10-6-7-11-24(23)33-25/h4-15,17H,2-3,16,18H2,1H3,(H,29,31)/b25-17-. The first-order chi connectivity index (χ1) is 16.1. The molecule has 0 spiro atoms. The Labute approximate surface area is 192 Å². The number of ether oxygens (including phenoxy) is 1. The van der Waals surface area contributed by atoms with Gasteiger partial charge in [0, 0.05) is 17.7 Å². The summed E-state index contributed by atoms with van der Waals surface area (Å²) in [6, 6.07) is 20.5. The normalized spacial score (nSPS) is 14.1. The van der Waals surface area contributed by atoms with Crippen molar-refractivity contribution in [3.8, 4) is 5.75 Å². The van der Waals surface area contributed by atoms with Crippen LogP contribution in [-0.4, -0.2) is 18.4 Å². The quantitative estimate of drug-likeness (QED) is 0.396. The molecule has 5 nitrogen and oxygen atoms in total. The van der Waals surface area contributed by atoms with Gasteiger partial charge in [0.05, 0.1) is 12.2 Å². The first kappa shape index (κ1) is 22.3. The van der Waals surface area contributed by atoms with Gasteiger partial charge in [0.1, 0.15) is 5.82 Å². The molecule has 3 aromatic carbocycles. The largest absolute Gasteiger partial charge is 0.449 e. The summed E-state index contributed by atoms with van der Waals surface area (Å²) >= 11 is 0. The van der Waals surface area contributed by atoms with Gasteiger partial charge in [-0.05, 0) is 48.4 Å². The van der Waals surface area contributed by atoms with Crippen molar-refractivity contribution in [1.29, 1.82) is 0 Å². The van der Waals surface area contributed by atoms with E-state index in [4.69, 9.17) is 4.74 Å². The Morgan fingerprint density at radius 2 is 1.76 bits per heavy atom. The number of unbranched alkanes of at least 4 members (excludes halogenated alkanes) is 1. The van der Waals surface area contributed by atoms with E-state index in [1.807, 2.05) is 12.1 Å². The third-order valence-corrected chi connectivity index (χ3v) is 5.40. The average Bonchev–Trinajstić information content (AvgIpc) is 2.83. The number of fused-ring (bicyclic) bond motifs is 1. The second kappa shape index (κ2) is 10.1. The molecule has 0 saturated heterocycles. The summed E-state index contributed by atoms with van der Waals surface area (Å²) in [5.74, 6) is -0.208. The van der Waals surface area contributed by atoms with E-state index < -0.39 is 0 Å². The molecule has 2 amide bonds. The number of hydrogen-bond donors (Lipinski definition) is 1.